The van der Waals surface area contributed by atoms with Crippen molar-refractivity contribution in [2.45, 2.75) is 0 Å². The summed E-state index contributed by atoms with van der Waals surface area (Å²) in [5.74, 6) is 0.0441. The van der Waals surface area contributed by atoms with E-state index in [1.807, 2.05) is 30.3 Å². The molecule has 5 rings (SSSR count). The fraction of sp³-hybridized carbons (Fsp3) is 0.250. The molecular formula is C20H18N4O2. The fourth-order valence-electron chi connectivity index (χ4n) is 3.88. The monoisotopic (exact) mass is 346 g/mol. The van der Waals surface area contributed by atoms with Gasteiger partial charge in [-0.15, -0.1) is 0 Å². The first kappa shape index (κ1) is 15.3. The summed E-state index contributed by atoms with van der Waals surface area (Å²) in [5, 5.41) is 0.530. The van der Waals surface area contributed by atoms with Gasteiger partial charge in [0, 0.05) is 26.2 Å². The van der Waals surface area contributed by atoms with Gasteiger partial charge in [0.15, 0.2) is 5.82 Å². The Hall–Kier alpha value is -2.99. The van der Waals surface area contributed by atoms with Crippen molar-refractivity contribution in [2.75, 3.05) is 38.1 Å². The first-order valence-electron chi connectivity index (χ1n) is 8.78. The van der Waals surface area contributed by atoms with Crippen LogP contribution in [0.25, 0.3) is 16.6 Å². The van der Waals surface area contributed by atoms with Gasteiger partial charge < -0.3 is 9.80 Å². The van der Waals surface area contributed by atoms with Crippen molar-refractivity contribution < 1.29 is 4.79 Å². The number of para-hydroxylation sites is 1. The van der Waals surface area contributed by atoms with E-state index in [4.69, 9.17) is 0 Å². The van der Waals surface area contributed by atoms with Gasteiger partial charge in [-0.25, -0.2) is 4.98 Å². The predicted molar refractivity (Wildman–Crippen MR) is 100 cm³/mol. The van der Waals surface area contributed by atoms with Gasteiger partial charge in [-0.2, -0.15) is 0 Å². The van der Waals surface area contributed by atoms with Gasteiger partial charge in [0.25, 0.3) is 5.56 Å². The van der Waals surface area contributed by atoms with E-state index >= 15 is 0 Å². The molecule has 0 amide bonds. The Morgan fingerprint density at radius 1 is 0.885 bits per heavy atom. The van der Waals surface area contributed by atoms with Gasteiger partial charge >= 0.3 is 0 Å². The van der Waals surface area contributed by atoms with E-state index in [2.05, 4.69) is 21.8 Å². The van der Waals surface area contributed by atoms with Gasteiger partial charge in [0.05, 0.1) is 27.8 Å². The highest BCUT2D eigenvalue weighted by atomic mass is 16.1. The van der Waals surface area contributed by atoms with Crippen LogP contribution in [-0.2, 0) is 0 Å². The largest absolute Gasteiger partial charge is 0.368 e. The number of benzene rings is 2. The molecule has 0 unspecified atom stereocenters. The van der Waals surface area contributed by atoms with Gasteiger partial charge in [-0.1, -0.05) is 18.2 Å². The highest BCUT2D eigenvalue weighted by molar-refractivity contribution is 6.16. The van der Waals surface area contributed by atoms with Crippen LogP contribution in [0.3, 0.4) is 0 Å². The molecule has 2 aliphatic heterocycles. The number of carbonyl (C=O) groups is 1. The number of carbonyl (C=O) groups excluding carboxylic acids is 1. The van der Waals surface area contributed by atoms with Crippen LogP contribution in [0.1, 0.15) is 16.2 Å². The minimum Gasteiger partial charge on any atom is -0.368 e. The quantitative estimate of drug-likeness (QED) is 0.525. The van der Waals surface area contributed by atoms with E-state index in [0.717, 1.165) is 31.9 Å². The van der Waals surface area contributed by atoms with E-state index in [-0.39, 0.29) is 17.2 Å². The van der Waals surface area contributed by atoms with Crippen molar-refractivity contribution in [3.8, 4) is 5.69 Å². The average molecular weight is 346 g/mol. The molecular weight excluding hydrogens is 328 g/mol. The van der Waals surface area contributed by atoms with Crippen molar-refractivity contribution in [3.63, 3.8) is 0 Å². The number of piperazine rings is 1. The fourth-order valence-corrected chi connectivity index (χ4v) is 3.88. The van der Waals surface area contributed by atoms with Crippen LogP contribution in [0, 0.1) is 0 Å². The summed E-state index contributed by atoms with van der Waals surface area (Å²) in [7, 11) is 2.10. The number of hydrogen-bond acceptors (Lipinski definition) is 5. The molecule has 0 N–H and O–H groups in total. The van der Waals surface area contributed by atoms with Gasteiger partial charge in [-0.3, -0.25) is 14.2 Å². The first-order valence-corrected chi connectivity index (χ1v) is 8.78. The SMILES string of the molecule is CN1CCN(c2cccc3c2C(=O)c2nc4ccccc4c(=O)n2-3)CC1. The summed E-state index contributed by atoms with van der Waals surface area (Å²) in [6.07, 6.45) is 0. The van der Waals surface area contributed by atoms with Crippen LogP contribution in [0.15, 0.2) is 47.3 Å². The van der Waals surface area contributed by atoms with E-state index in [9.17, 15) is 9.59 Å². The number of rotatable bonds is 1. The number of hydrogen-bond donors (Lipinski definition) is 0. The van der Waals surface area contributed by atoms with Crippen molar-refractivity contribution in [2.24, 2.45) is 0 Å². The smallest absolute Gasteiger partial charge is 0.266 e. The highest BCUT2D eigenvalue weighted by Crippen LogP contribution is 2.34. The lowest BCUT2D eigenvalue weighted by Crippen LogP contribution is -2.45. The van der Waals surface area contributed by atoms with Gasteiger partial charge in [-0.05, 0) is 31.3 Å². The van der Waals surface area contributed by atoms with Crippen LogP contribution >= 0.6 is 0 Å². The van der Waals surface area contributed by atoms with Crippen molar-refractivity contribution >= 4 is 22.4 Å². The summed E-state index contributed by atoms with van der Waals surface area (Å²) in [6.45, 7) is 3.63. The maximum Gasteiger partial charge on any atom is 0.266 e. The summed E-state index contributed by atoms with van der Waals surface area (Å²) in [6, 6.07) is 12.9. The molecule has 0 spiro atoms. The number of likely N-dealkylation sites (N-methyl/N-ethyl adjacent to an activating group) is 1. The molecule has 0 radical (unpaired) electrons. The molecule has 130 valence electrons. The highest BCUT2D eigenvalue weighted by Gasteiger charge is 2.34. The number of anilines is 1. The Balaban J connectivity index is 1.73. The minimum absolute atomic E-state index is 0.169. The van der Waals surface area contributed by atoms with Crippen molar-refractivity contribution in [1.82, 2.24) is 14.5 Å². The third-order valence-corrected chi connectivity index (χ3v) is 5.31. The Morgan fingerprint density at radius 3 is 2.42 bits per heavy atom. The minimum atomic E-state index is -0.187. The zero-order valence-corrected chi connectivity index (χ0v) is 14.5. The zero-order valence-electron chi connectivity index (χ0n) is 14.5. The third-order valence-electron chi connectivity index (χ3n) is 5.31. The van der Waals surface area contributed by atoms with Gasteiger partial charge in [0.2, 0.25) is 5.78 Å². The molecule has 2 aromatic carbocycles. The molecule has 1 aromatic heterocycles. The molecule has 1 saturated heterocycles. The van der Waals surface area contributed by atoms with Crippen LogP contribution < -0.4 is 10.5 Å². The molecule has 2 aliphatic rings. The lowest BCUT2D eigenvalue weighted by Gasteiger charge is -2.34. The van der Waals surface area contributed by atoms with Crippen LogP contribution in [0.2, 0.25) is 0 Å². The Bertz CT molecular complexity index is 1110. The summed E-state index contributed by atoms with van der Waals surface area (Å²) < 4.78 is 1.47. The second kappa shape index (κ2) is 5.51. The Kier molecular flexibility index (Phi) is 3.24. The number of nitrogens with zero attached hydrogens (tertiary/aromatic N) is 4. The Morgan fingerprint density at radius 2 is 1.62 bits per heavy atom. The van der Waals surface area contributed by atoms with Crippen LogP contribution in [0.5, 0.6) is 0 Å². The zero-order chi connectivity index (χ0) is 17.8. The summed E-state index contributed by atoms with van der Waals surface area (Å²) in [5.41, 5.74) is 2.51. The second-order valence-electron chi connectivity index (χ2n) is 6.88. The molecule has 26 heavy (non-hydrogen) atoms. The van der Waals surface area contributed by atoms with E-state index < -0.39 is 0 Å². The molecule has 1 fully saturated rings. The van der Waals surface area contributed by atoms with Crippen molar-refractivity contribution in [1.29, 1.82) is 0 Å². The lowest BCUT2D eigenvalue weighted by atomic mass is 10.1. The maximum atomic E-state index is 13.2. The van der Waals surface area contributed by atoms with Crippen LogP contribution in [-0.4, -0.2) is 53.5 Å². The normalized spacial score (nSPS) is 16.8. The van der Waals surface area contributed by atoms with E-state index in [0.29, 0.717) is 22.2 Å². The second-order valence-corrected chi connectivity index (χ2v) is 6.88. The van der Waals surface area contributed by atoms with E-state index in [1.54, 1.807) is 12.1 Å². The average Bonchev–Trinajstić information content (AvgIpc) is 2.95. The lowest BCUT2D eigenvalue weighted by molar-refractivity contribution is 0.103. The number of fused-ring (bicyclic) bond motifs is 4. The molecule has 3 aromatic rings. The molecule has 3 heterocycles. The molecule has 6 nitrogen and oxygen atoms in total. The summed E-state index contributed by atoms with van der Waals surface area (Å²) in [4.78, 5) is 35.2. The van der Waals surface area contributed by atoms with Crippen molar-refractivity contribution in [3.05, 3.63) is 64.2 Å². The standard InChI is InChI=1S/C20H18N4O2/c1-22-9-11-23(12-10-22)15-7-4-8-16-17(15)18(25)19-21-14-6-3-2-5-13(14)20(26)24(16)19/h2-8H,9-12H2,1H3. The summed E-state index contributed by atoms with van der Waals surface area (Å²) >= 11 is 0. The maximum absolute atomic E-state index is 13.2. The van der Waals surface area contributed by atoms with Crippen LogP contribution in [0.4, 0.5) is 5.69 Å². The molecule has 0 saturated carbocycles. The van der Waals surface area contributed by atoms with E-state index in [1.165, 1.54) is 4.57 Å². The molecule has 6 heteroatoms. The third kappa shape index (κ3) is 2.05. The van der Waals surface area contributed by atoms with Gasteiger partial charge in [0.1, 0.15) is 0 Å². The molecule has 0 aliphatic carbocycles. The Labute approximate surface area is 150 Å². The number of ketones is 1. The molecule has 0 bridgehead atoms. The first-order chi connectivity index (χ1) is 12.6. The topological polar surface area (TPSA) is 58.4 Å². The number of aromatic nitrogens is 2. The predicted octanol–water partition coefficient (Wildman–Crippen LogP) is 1.68. The molecule has 0 atom stereocenters.